The third-order valence-corrected chi connectivity index (χ3v) is 3.44. The van der Waals surface area contributed by atoms with Crippen LogP contribution in [0, 0.1) is 6.92 Å². The maximum absolute atomic E-state index is 11.8. The minimum Gasteiger partial charge on any atom is -0.399 e. The van der Waals surface area contributed by atoms with Crippen LogP contribution in [0.2, 0.25) is 0 Å². The Labute approximate surface area is 97.7 Å². The topological polar surface area (TPSA) is 72.2 Å². The SMILES string of the molecule is CCNC(=O)CS(=O)c1ccc(N)c(C)c1. The highest BCUT2D eigenvalue weighted by Gasteiger charge is 2.10. The zero-order valence-corrected chi connectivity index (χ0v) is 10.3. The first kappa shape index (κ1) is 12.7. The monoisotopic (exact) mass is 240 g/mol. The summed E-state index contributed by atoms with van der Waals surface area (Å²) in [5.41, 5.74) is 7.20. The number of carbonyl (C=O) groups is 1. The molecule has 0 fully saturated rings. The van der Waals surface area contributed by atoms with Gasteiger partial charge in [-0.25, -0.2) is 0 Å². The third kappa shape index (κ3) is 3.34. The van der Waals surface area contributed by atoms with Gasteiger partial charge in [0, 0.05) is 17.1 Å². The fraction of sp³-hybridized carbons (Fsp3) is 0.364. The lowest BCUT2D eigenvalue weighted by Gasteiger charge is -2.05. The summed E-state index contributed by atoms with van der Waals surface area (Å²) in [4.78, 5) is 11.9. The van der Waals surface area contributed by atoms with E-state index in [9.17, 15) is 9.00 Å². The molecule has 4 nitrogen and oxygen atoms in total. The van der Waals surface area contributed by atoms with Crippen molar-refractivity contribution in [2.75, 3.05) is 18.0 Å². The fourth-order valence-electron chi connectivity index (χ4n) is 1.24. The number of benzene rings is 1. The Bertz CT molecular complexity index is 418. The average Bonchev–Trinajstić information content (AvgIpc) is 2.22. The lowest BCUT2D eigenvalue weighted by Crippen LogP contribution is -2.27. The van der Waals surface area contributed by atoms with Crippen molar-refractivity contribution in [2.24, 2.45) is 0 Å². The summed E-state index contributed by atoms with van der Waals surface area (Å²) < 4.78 is 11.8. The quantitative estimate of drug-likeness (QED) is 0.765. The summed E-state index contributed by atoms with van der Waals surface area (Å²) in [5, 5.41) is 2.62. The molecule has 0 aliphatic carbocycles. The highest BCUT2D eigenvalue weighted by molar-refractivity contribution is 7.85. The van der Waals surface area contributed by atoms with Gasteiger partial charge in [-0.3, -0.25) is 9.00 Å². The molecule has 1 amide bonds. The van der Waals surface area contributed by atoms with E-state index in [1.54, 1.807) is 18.2 Å². The average molecular weight is 240 g/mol. The zero-order valence-electron chi connectivity index (χ0n) is 9.45. The van der Waals surface area contributed by atoms with Crippen molar-refractivity contribution >= 4 is 22.4 Å². The molecule has 0 bridgehead atoms. The van der Waals surface area contributed by atoms with Crippen molar-refractivity contribution in [2.45, 2.75) is 18.7 Å². The fourth-order valence-corrected chi connectivity index (χ4v) is 2.28. The predicted octanol–water partition coefficient (Wildman–Crippen LogP) is 0.821. The van der Waals surface area contributed by atoms with Crippen LogP contribution in [0.4, 0.5) is 5.69 Å². The first-order valence-corrected chi connectivity index (χ1v) is 6.37. The van der Waals surface area contributed by atoms with Gasteiger partial charge in [0.1, 0.15) is 5.75 Å². The van der Waals surface area contributed by atoms with Crippen molar-refractivity contribution in [3.8, 4) is 0 Å². The highest BCUT2D eigenvalue weighted by atomic mass is 32.2. The Morgan fingerprint density at radius 3 is 2.75 bits per heavy atom. The molecule has 16 heavy (non-hydrogen) atoms. The van der Waals surface area contributed by atoms with Gasteiger partial charge in [-0.05, 0) is 37.6 Å². The molecule has 0 radical (unpaired) electrons. The Balaban J connectivity index is 2.73. The van der Waals surface area contributed by atoms with Crippen LogP contribution in [0.15, 0.2) is 23.1 Å². The van der Waals surface area contributed by atoms with E-state index >= 15 is 0 Å². The van der Waals surface area contributed by atoms with Crippen molar-refractivity contribution in [1.29, 1.82) is 0 Å². The molecule has 88 valence electrons. The second-order valence-electron chi connectivity index (χ2n) is 3.46. The first-order valence-electron chi connectivity index (χ1n) is 5.05. The molecule has 3 N–H and O–H groups in total. The van der Waals surface area contributed by atoms with Crippen LogP contribution in [0.3, 0.4) is 0 Å². The summed E-state index contributed by atoms with van der Waals surface area (Å²) in [6, 6.07) is 5.16. The van der Waals surface area contributed by atoms with Crippen molar-refractivity contribution in [3.63, 3.8) is 0 Å². The predicted molar refractivity (Wildman–Crippen MR) is 65.6 cm³/mol. The van der Waals surface area contributed by atoms with Crippen LogP contribution in [-0.2, 0) is 15.6 Å². The molecule has 1 aromatic carbocycles. The smallest absolute Gasteiger partial charge is 0.232 e. The third-order valence-electron chi connectivity index (χ3n) is 2.14. The van der Waals surface area contributed by atoms with E-state index in [0.29, 0.717) is 17.1 Å². The molecule has 1 unspecified atom stereocenters. The molecule has 1 atom stereocenters. The number of nitrogens with two attached hydrogens (primary N) is 1. The second-order valence-corrected chi connectivity index (χ2v) is 4.91. The van der Waals surface area contributed by atoms with E-state index in [1.165, 1.54) is 0 Å². The summed E-state index contributed by atoms with van der Waals surface area (Å²) in [7, 11) is -1.30. The molecule has 5 heteroatoms. The van der Waals surface area contributed by atoms with Gasteiger partial charge >= 0.3 is 0 Å². The molecule has 0 saturated carbocycles. The lowest BCUT2D eigenvalue weighted by atomic mass is 10.2. The Hall–Kier alpha value is -1.36. The maximum Gasteiger partial charge on any atom is 0.232 e. The summed E-state index contributed by atoms with van der Waals surface area (Å²) in [6.45, 7) is 4.23. The standard InChI is InChI=1S/C11H16N2O2S/c1-3-13-11(14)7-16(15)9-4-5-10(12)8(2)6-9/h4-6H,3,7,12H2,1-2H3,(H,13,14). The van der Waals surface area contributed by atoms with E-state index in [2.05, 4.69) is 5.32 Å². The van der Waals surface area contributed by atoms with Crippen LogP contribution in [0.25, 0.3) is 0 Å². The number of nitrogens with one attached hydrogen (secondary N) is 1. The van der Waals surface area contributed by atoms with Gasteiger partial charge in [-0.2, -0.15) is 0 Å². The van der Waals surface area contributed by atoms with Gasteiger partial charge < -0.3 is 11.1 Å². The summed E-state index contributed by atoms with van der Waals surface area (Å²) >= 11 is 0. The summed E-state index contributed by atoms with van der Waals surface area (Å²) in [5.74, 6) is -0.202. The van der Waals surface area contributed by atoms with E-state index in [1.807, 2.05) is 13.8 Å². The minimum atomic E-state index is -1.30. The van der Waals surface area contributed by atoms with Crippen LogP contribution >= 0.6 is 0 Å². The van der Waals surface area contributed by atoms with Gasteiger partial charge in [-0.1, -0.05) is 0 Å². The number of hydrogen-bond acceptors (Lipinski definition) is 3. The van der Waals surface area contributed by atoms with Crippen LogP contribution in [0.5, 0.6) is 0 Å². The molecular formula is C11H16N2O2S. The van der Waals surface area contributed by atoms with Crippen molar-refractivity contribution in [1.82, 2.24) is 5.32 Å². The molecule has 1 rings (SSSR count). The molecule has 0 aliphatic heterocycles. The molecule has 0 spiro atoms. The highest BCUT2D eigenvalue weighted by Crippen LogP contribution is 2.15. The Kier molecular flexibility index (Phi) is 4.49. The van der Waals surface area contributed by atoms with E-state index < -0.39 is 10.8 Å². The van der Waals surface area contributed by atoms with Crippen molar-refractivity contribution in [3.05, 3.63) is 23.8 Å². The van der Waals surface area contributed by atoms with Gasteiger partial charge in [0.05, 0.1) is 10.8 Å². The Morgan fingerprint density at radius 1 is 1.50 bits per heavy atom. The van der Waals surface area contributed by atoms with Crippen LogP contribution < -0.4 is 11.1 Å². The number of aryl methyl sites for hydroxylation is 1. The van der Waals surface area contributed by atoms with Gasteiger partial charge in [-0.15, -0.1) is 0 Å². The number of hydrogen-bond donors (Lipinski definition) is 2. The van der Waals surface area contributed by atoms with Crippen LogP contribution in [0.1, 0.15) is 12.5 Å². The van der Waals surface area contributed by atoms with Crippen molar-refractivity contribution < 1.29 is 9.00 Å². The number of amides is 1. The van der Waals surface area contributed by atoms with Gasteiger partial charge in [0.2, 0.25) is 5.91 Å². The van der Waals surface area contributed by atoms with Gasteiger partial charge in [0.15, 0.2) is 0 Å². The number of nitrogen functional groups attached to an aromatic ring is 1. The Morgan fingerprint density at radius 2 is 2.19 bits per heavy atom. The number of anilines is 1. The van der Waals surface area contributed by atoms with E-state index in [-0.39, 0.29) is 11.7 Å². The minimum absolute atomic E-state index is 0.00278. The normalized spacial score (nSPS) is 12.1. The lowest BCUT2D eigenvalue weighted by molar-refractivity contribution is -0.118. The molecule has 0 aliphatic rings. The van der Waals surface area contributed by atoms with E-state index in [4.69, 9.17) is 5.73 Å². The summed E-state index contributed by atoms with van der Waals surface area (Å²) in [6.07, 6.45) is 0. The van der Waals surface area contributed by atoms with E-state index in [0.717, 1.165) is 5.56 Å². The van der Waals surface area contributed by atoms with Gasteiger partial charge in [0.25, 0.3) is 0 Å². The second kappa shape index (κ2) is 5.65. The molecule has 1 aromatic rings. The zero-order chi connectivity index (χ0) is 12.1. The number of rotatable bonds is 4. The number of carbonyl (C=O) groups excluding carboxylic acids is 1. The maximum atomic E-state index is 11.8. The largest absolute Gasteiger partial charge is 0.399 e. The molecule has 0 aromatic heterocycles. The van der Waals surface area contributed by atoms with Crippen LogP contribution in [-0.4, -0.2) is 22.4 Å². The first-order chi connectivity index (χ1) is 7.54. The molecular weight excluding hydrogens is 224 g/mol. The molecule has 0 saturated heterocycles. The molecule has 0 heterocycles.